The van der Waals surface area contributed by atoms with Crippen LogP contribution in [0.25, 0.3) is 174 Å². The Hall–Kier alpha value is -10.1. The molecule has 0 radical (unpaired) electrons. The molecule has 1 heteroatoms. The van der Waals surface area contributed by atoms with Crippen LogP contribution in [0.4, 0.5) is 0 Å². The zero-order chi connectivity index (χ0) is 50.3. The standard InChI is InChI=1S/C76H44O/c1-3-17-59-55(13-1)57-15-5-9-21-63(57)75-65-23-11-7-19-61(65)67(43-71(59)75)53-31-29-45-37-47(25-27-49(45)39-53)51-33-35-73-69(41-51)70-42-52(34-36-74(70)77-73)48-26-28-50-40-54(32-30-46(50)38-48)68-44-72-60-18-4-2-14-56(60)58-16-6-10-22-64(58)76(72)66-24-12-8-20-62(66)68/h1-44H. The van der Waals surface area contributed by atoms with Gasteiger partial charge in [0.1, 0.15) is 11.2 Å². The van der Waals surface area contributed by atoms with Gasteiger partial charge in [0.15, 0.2) is 0 Å². The van der Waals surface area contributed by atoms with Gasteiger partial charge in [0, 0.05) is 10.8 Å². The van der Waals surface area contributed by atoms with E-state index in [1.807, 2.05) is 0 Å². The Bertz CT molecular complexity index is 5070. The second-order valence-electron chi connectivity index (χ2n) is 21.0. The topological polar surface area (TPSA) is 13.1 Å². The summed E-state index contributed by atoms with van der Waals surface area (Å²) in [5.41, 5.74) is 11.4. The number of rotatable bonds is 4. The van der Waals surface area contributed by atoms with Gasteiger partial charge in [0.05, 0.1) is 0 Å². The molecule has 1 aromatic heterocycles. The zero-order valence-electron chi connectivity index (χ0n) is 41.8. The third kappa shape index (κ3) is 6.35. The summed E-state index contributed by atoms with van der Waals surface area (Å²) in [5.74, 6) is 0. The monoisotopic (exact) mass is 972 g/mol. The molecule has 0 aliphatic carbocycles. The van der Waals surface area contributed by atoms with E-state index in [-0.39, 0.29) is 0 Å². The maximum atomic E-state index is 6.49. The molecule has 0 fully saturated rings. The third-order valence-electron chi connectivity index (χ3n) is 16.9. The van der Waals surface area contributed by atoms with Crippen molar-refractivity contribution < 1.29 is 4.42 Å². The largest absolute Gasteiger partial charge is 0.456 e. The molecular weight excluding hydrogens is 929 g/mol. The van der Waals surface area contributed by atoms with E-state index in [0.29, 0.717) is 0 Å². The summed E-state index contributed by atoms with van der Waals surface area (Å²) in [7, 11) is 0. The van der Waals surface area contributed by atoms with Gasteiger partial charge >= 0.3 is 0 Å². The van der Waals surface area contributed by atoms with Crippen LogP contribution in [0.3, 0.4) is 0 Å². The van der Waals surface area contributed by atoms with E-state index in [9.17, 15) is 0 Å². The minimum Gasteiger partial charge on any atom is -0.456 e. The van der Waals surface area contributed by atoms with E-state index in [1.165, 1.54) is 152 Å². The summed E-state index contributed by atoms with van der Waals surface area (Å²) in [6.45, 7) is 0. The molecule has 0 saturated heterocycles. The van der Waals surface area contributed by atoms with Crippen LogP contribution in [0.2, 0.25) is 0 Å². The van der Waals surface area contributed by atoms with Gasteiger partial charge in [-0.3, -0.25) is 0 Å². The minimum atomic E-state index is 0.892. The van der Waals surface area contributed by atoms with Crippen LogP contribution in [0.5, 0.6) is 0 Å². The van der Waals surface area contributed by atoms with Crippen LogP contribution in [0.1, 0.15) is 0 Å². The van der Waals surface area contributed by atoms with Crippen LogP contribution < -0.4 is 0 Å². The first kappa shape index (κ1) is 42.3. The number of hydrogen-bond acceptors (Lipinski definition) is 1. The lowest BCUT2D eigenvalue weighted by Gasteiger charge is -2.16. The molecule has 0 aliphatic heterocycles. The van der Waals surface area contributed by atoms with E-state index < -0.39 is 0 Å². The van der Waals surface area contributed by atoms with Crippen LogP contribution >= 0.6 is 0 Å². The maximum Gasteiger partial charge on any atom is 0.135 e. The lowest BCUT2D eigenvalue weighted by molar-refractivity contribution is 0.669. The molecule has 0 N–H and O–H groups in total. The molecule has 17 aromatic rings. The van der Waals surface area contributed by atoms with Crippen LogP contribution in [0, 0.1) is 0 Å². The molecule has 77 heavy (non-hydrogen) atoms. The van der Waals surface area contributed by atoms with Gasteiger partial charge in [0.2, 0.25) is 0 Å². The fraction of sp³-hybridized carbons (Fsp3) is 0. The first-order chi connectivity index (χ1) is 38.1. The molecule has 0 amide bonds. The molecule has 0 bridgehead atoms. The second kappa shape index (κ2) is 16.2. The van der Waals surface area contributed by atoms with E-state index in [1.54, 1.807) is 0 Å². The molecule has 354 valence electrons. The summed E-state index contributed by atoms with van der Waals surface area (Å²) in [4.78, 5) is 0. The van der Waals surface area contributed by atoms with Crippen molar-refractivity contribution in [1.29, 1.82) is 0 Å². The smallest absolute Gasteiger partial charge is 0.135 e. The van der Waals surface area contributed by atoms with Crippen molar-refractivity contribution in [2.75, 3.05) is 0 Å². The summed E-state index contributed by atoms with van der Waals surface area (Å²) >= 11 is 0. The van der Waals surface area contributed by atoms with Crippen molar-refractivity contribution in [2.24, 2.45) is 0 Å². The van der Waals surface area contributed by atoms with E-state index in [2.05, 4.69) is 267 Å². The SMILES string of the molecule is c1ccc2c(c1)c(-c1ccc3cc(-c4ccc5oc6ccc(-c7ccc8cc(-c9cc%10c%11ccccc%11c%11ccccc%11c%10c%10ccccc9%10)ccc8c7)cc6c5c4)ccc3c1)cc1c3ccccc3c3ccccc3c21. The maximum absolute atomic E-state index is 6.49. The van der Waals surface area contributed by atoms with Gasteiger partial charge in [-0.15, -0.1) is 0 Å². The number of fused-ring (bicyclic) bond motifs is 21. The molecular formula is C76H44O. The highest BCUT2D eigenvalue weighted by molar-refractivity contribution is 6.34. The Kier molecular flexibility index (Phi) is 8.90. The molecule has 0 unspecified atom stereocenters. The van der Waals surface area contributed by atoms with Crippen molar-refractivity contribution >= 4 is 130 Å². The van der Waals surface area contributed by atoms with Crippen molar-refractivity contribution in [2.45, 2.75) is 0 Å². The Morgan fingerprint density at radius 2 is 0.429 bits per heavy atom. The molecule has 0 saturated carbocycles. The minimum absolute atomic E-state index is 0.892. The molecule has 0 spiro atoms. The first-order valence-electron chi connectivity index (χ1n) is 26.7. The lowest BCUT2D eigenvalue weighted by Crippen LogP contribution is -1.89. The Labute approximate surface area is 443 Å². The fourth-order valence-corrected chi connectivity index (χ4v) is 13.3. The lowest BCUT2D eigenvalue weighted by atomic mass is 9.87. The van der Waals surface area contributed by atoms with Crippen molar-refractivity contribution in [3.05, 3.63) is 267 Å². The molecule has 1 heterocycles. The highest BCUT2D eigenvalue weighted by atomic mass is 16.3. The molecule has 0 aliphatic rings. The Morgan fingerprint density at radius 3 is 0.805 bits per heavy atom. The Balaban J connectivity index is 0.720. The first-order valence-corrected chi connectivity index (χ1v) is 26.7. The number of hydrogen-bond donors (Lipinski definition) is 0. The van der Waals surface area contributed by atoms with Gasteiger partial charge in [-0.25, -0.2) is 0 Å². The third-order valence-corrected chi connectivity index (χ3v) is 16.9. The number of benzene rings is 16. The molecule has 1 nitrogen and oxygen atoms in total. The van der Waals surface area contributed by atoms with E-state index in [4.69, 9.17) is 4.42 Å². The Morgan fingerprint density at radius 1 is 0.169 bits per heavy atom. The van der Waals surface area contributed by atoms with Gasteiger partial charge in [-0.05, 0) is 213 Å². The molecule has 16 aromatic carbocycles. The second-order valence-corrected chi connectivity index (χ2v) is 21.0. The van der Waals surface area contributed by atoms with Crippen LogP contribution in [-0.4, -0.2) is 0 Å². The summed E-state index contributed by atoms with van der Waals surface area (Å²) in [6, 6.07) is 99.2. The van der Waals surface area contributed by atoms with Crippen LogP contribution in [0.15, 0.2) is 271 Å². The fourth-order valence-electron chi connectivity index (χ4n) is 13.3. The van der Waals surface area contributed by atoms with Crippen molar-refractivity contribution in [1.82, 2.24) is 0 Å². The average Bonchev–Trinajstić information content (AvgIpc) is 3.91. The number of furan rings is 1. The highest BCUT2D eigenvalue weighted by Gasteiger charge is 2.18. The zero-order valence-corrected chi connectivity index (χ0v) is 41.8. The highest BCUT2D eigenvalue weighted by Crippen LogP contribution is 2.46. The summed E-state index contributed by atoms with van der Waals surface area (Å²) in [6.07, 6.45) is 0. The quantitative estimate of drug-likeness (QED) is 0.160. The van der Waals surface area contributed by atoms with Gasteiger partial charge in [0.25, 0.3) is 0 Å². The molecule has 17 rings (SSSR count). The van der Waals surface area contributed by atoms with Gasteiger partial charge in [-0.1, -0.05) is 206 Å². The van der Waals surface area contributed by atoms with Gasteiger partial charge < -0.3 is 4.42 Å². The van der Waals surface area contributed by atoms with Crippen molar-refractivity contribution in [3.63, 3.8) is 0 Å². The van der Waals surface area contributed by atoms with Crippen LogP contribution in [-0.2, 0) is 0 Å². The van der Waals surface area contributed by atoms with Gasteiger partial charge in [-0.2, -0.15) is 0 Å². The summed E-state index contributed by atoms with van der Waals surface area (Å²) in [5, 5.41) is 27.8. The van der Waals surface area contributed by atoms with Crippen molar-refractivity contribution in [3.8, 4) is 44.5 Å². The van der Waals surface area contributed by atoms with E-state index in [0.717, 1.165) is 21.9 Å². The predicted octanol–water partition coefficient (Wildman–Crippen LogP) is 21.8. The summed E-state index contributed by atoms with van der Waals surface area (Å²) < 4.78 is 6.49. The predicted molar refractivity (Wildman–Crippen MR) is 331 cm³/mol. The molecule has 0 atom stereocenters. The van der Waals surface area contributed by atoms with E-state index >= 15 is 0 Å². The normalized spacial score (nSPS) is 12.2. The average molecular weight is 973 g/mol.